The summed E-state index contributed by atoms with van der Waals surface area (Å²) in [4.78, 5) is 12.2. The van der Waals surface area contributed by atoms with E-state index in [1.165, 1.54) is 42.1 Å². The van der Waals surface area contributed by atoms with Gasteiger partial charge in [0.25, 0.3) is 0 Å². The van der Waals surface area contributed by atoms with Gasteiger partial charge in [0.1, 0.15) is 11.6 Å². The number of carbonyl (C=O) groups excluding carboxylic acids is 1. The van der Waals surface area contributed by atoms with Crippen molar-refractivity contribution in [3.8, 4) is 11.4 Å². The second-order valence-electron chi connectivity index (χ2n) is 5.43. The fourth-order valence-corrected chi connectivity index (χ4v) is 3.22. The molecule has 0 aliphatic rings. The first-order chi connectivity index (χ1) is 12.6. The van der Waals surface area contributed by atoms with Gasteiger partial charge in [0.15, 0.2) is 16.8 Å². The molecule has 3 rings (SSSR count). The molecular weight excluding hydrogens is 356 g/mol. The SMILES string of the molecule is C=CCn1c(SCC(=O)c2cccc(F)c2)nnc1-c1ccc(F)cc1. The van der Waals surface area contributed by atoms with Gasteiger partial charge in [-0.3, -0.25) is 9.36 Å². The van der Waals surface area contributed by atoms with Gasteiger partial charge < -0.3 is 0 Å². The first-order valence-corrected chi connectivity index (χ1v) is 8.78. The normalized spacial score (nSPS) is 10.7. The lowest BCUT2D eigenvalue weighted by molar-refractivity contribution is 0.102. The number of benzene rings is 2. The van der Waals surface area contributed by atoms with E-state index in [-0.39, 0.29) is 17.4 Å². The highest BCUT2D eigenvalue weighted by Gasteiger charge is 2.16. The summed E-state index contributed by atoms with van der Waals surface area (Å²) in [6, 6.07) is 11.5. The van der Waals surface area contributed by atoms with Crippen LogP contribution in [0.5, 0.6) is 0 Å². The molecule has 2 aromatic carbocycles. The highest BCUT2D eigenvalue weighted by molar-refractivity contribution is 7.99. The van der Waals surface area contributed by atoms with Gasteiger partial charge in [-0.2, -0.15) is 0 Å². The van der Waals surface area contributed by atoms with Crippen molar-refractivity contribution in [3.63, 3.8) is 0 Å². The van der Waals surface area contributed by atoms with E-state index < -0.39 is 5.82 Å². The third kappa shape index (κ3) is 4.05. The van der Waals surface area contributed by atoms with Gasteiger partial charge in [-0.05, 0) is 36.4 Å². The zero-order valence-corrected chi connectivity index (χ0v) is 14.5. The summed E-state index contributed by atoms with van der Waals surface area (Å²) in [5.74, 6) is -0.327. The molecule has 0 atom stereocenters. The minimum absolute atomic E-state index is 0.0994. The zero-order chi connectivity index (χ0) is 18.5. The van der Waals surface area contributed by atoms with Crippen LogP contribution in [0.4, 0.5) is 8.78 Å². The number of ketones is 1. The predicted molar refractivity (Wildman–Crippen MR) is 97.1 cm³/mol. The quantitative estimate of drug-likeness (QED) is 0.351. The van der Waals surface area contributed by atoms with Crippen molar-refractivity contribution < 1.29 is 13.6 Å². The van der Waals surface area contributed by atoms with E-state index in [0.717, 1.165) is 0 Å². The fraction of sp³-hybridized carbons (Fsp3) is 0.105. The lowest BCUT2D eigenvalue weighted by atomic mass is 10.1. The third-order valence-electron chi connectivity index (χ3n) is 3.61. The molecule has 26 heavy (non-hydrogen) atoms. The topological polar surface area (TPSA) is 47.8 Å². The number of nitrogens with zero attached hydrogens (tertiary/aromatic N) is 3. The van der Waals surface area contributed by atoms with Crippen LogP contribution in [0, 0.1) is 11.6 Å². The van der Waals surface area contributed by atoms with E-state index in [1.807, 2.05) is 0 Å². The first-order valence-electron chi connectivity index (χ1n) is 7.80. The molecule has 1 aromatic heterocycles. The number of allylic oxidation sites excluding steroid dienone is 1. The van der Waals surface area contributed by atoms with Gasteiger partial charge in [0.2, 0.25) is 0 Å². The zero-order valence-electron chi connectivity index (χ0n) is 13.7. The average Bonchev–Trinajstić information content (AvgIpc) is 3.03. The van der Waals surface area contributed by atoms with Crippen LogP contribution in [-0.4, -0.2) is 26.3 Å². The van der Waals surface area contributed by atoms with Gasteiger partial charge >= 0.3 is 0 Å². The van der Waals surface area contributed by atoms with E-state index in [2.05, 4.69) is 16.8 Å². The Hall–Kier alpha value is -2.80. The van der Waals surface area contributed by atoms with Crippen LogP contribution in [0.25, 0.3) is 11.4 Å². The van der Waals surface area contributed by atoms with Crippen molar-refractivity contribution in [1.29, 1.82) is 0 Å². The number of halogens is 2. The number of thioether (sulfide) groups is 1. The predicted octanol–water partition coefficient (Wildman–Crippen LogP) is 4.38. The lowest BCUT2D eigenvalue weighted by Gasteiger charge is -2.07. The highest BCUT2D eigenvalue weighted by atomic mass is 32.2. The standard InChI is InChI=1S/C19H15F2N3OS/c1-2-10-24-18(13-6-8-15(20)9-7-13)22-23-19(24)26-12-17(25)14-4-3-5-16(21)11-14/h2-9,11H,1,10,12H2. The van der Waals surface area contributed by atoms with Crippen molar-refractivity contribution in [2.45, 2.75) is 11.7 Å². The Morgan fingerprint density at radius 2 is 1.88 bits per heavy atom. The maximum Gasteiger partial charge on any atom is 0.192 e. The Bertz CT molecular complexity index is 938. The first kappa shape index (κ1) is 18.0. The number of hydrogen-bond acceptors (Lipinski definition) is 4. The van der Waals surface area contributed by atoms with Crippen molar-refractivity contribution >= 4 is 17.5 Å². The molecule has 0 aliphatic carbocycles. The molecule has 0 spiro atoms. The summed E-state index contributed by atoms with van der Waals surface area (Å²) in [7, 11) is 0. The molecule has 0 radical (unpaired) electrons. The van der Waals surface area contributed by atoms with Crippen molar-refractivity contribution in [3.05, 3.63) is 78.4 Å². The lowest BCUT2D eigenvalue weighted by Crippen LogP contribution is -2.05. The molecule has 0 N–H and O–H groups in total. The second-order valence-corrected chi connectivity index (χ2v) is 6.38. The van der Waals surface area contributed by atoms with Gasteiger partial charge in [0.05, 0.1) is 5.75 Å². The van der Waals surface area contributed by atoms with Crippen molar-refractivity contribution in [2.24, 2.45) is 0 Å². The van der Waals surface area contributed by atoms with E-state index in [0.29, 0.717) is 28.7 Å². The van der Waals surface area contributed by atoms with E-state index in [4.69, 9.17) is 0 Å². The fourth-order valence-electron chi connectivity index (χ4n) is 2.38. The van der Waals surface area contributed by atoms with Crippen molar-refractivity contribution in [2.75, 3.05) is 5.75 Å². The number of aromatic nitrogens is 3. The van der Waals surface area contributed by atoms with Crippen LogP contribution in [0.1, 0.15) is 10.4 Å². The Kier molecular flexibility index (Phi) is 5.58. The maximum atomic E-state index is 13.3. The summed E-state index contributed by atoms with van der Waals surface area (Å²) in [5.41, 5.74) is 1.02. The van der Waals surface area contributed by atoms with Crippen molar-refractivity contribution in [1.82, 2.24) is 14.8 Å². The summed E-state index contributed by atoms with van der Waals surface area (Å²) in [6.45, 7) is 4.16. The smallest absolute Gasteiger partial charge is 0.192 e. The van der Waals surface area contributed by atoms with Crippen LogP contribution in [0.2, 0.25) is 0 Å². The van der Waals surface area contributed by atoms with Gasteiger partial charge in [-0.1, -0.05) is 30.0 Å². The highest BCUT2D eigenvalue weighted by Crippen LogP contribution is 2.25. The van der Waals surface area contributed by atoms with E-state index in [1.54, 1.807) is 28.8 Å². The number of hydrogen-bond donors (Lipinski definition) is 0. The molecular formula is C19H15F2N3OS. The summed E-state index contributed by atoms with van der Waals surface area (Å²) >= 11 is 1.21. The molecule has 132 valence electrons. The summed E-state index contributed by atoms with van der Waals surface area (Å²) in [5, 5.41) is 8.81. The molecule has 0 aliphatic heterocycles. The number of Topliss-reactive ketones (excluding diaryl/α,β-unsaturated/α-hetero) is 1. The molecule has 0 saturated heterocycles. The number of carbonyl (C=O) groups is 1. The van der Waals surface area contributed by atoms with Crippen LogP contribution in [0.15, 0.2) is 66.3 Å². The molecule has 0 fully saturated rings. The number of rotatable bonds is 7. The maximum absolute atomic E-state index is 13.3. The van der Waals surface area contributed by atoms with Gasteiger partial charge in [-0.15, -0.1) is 16.8 Å². The summed E-state index contributed by atoms with van der Waals surface area (Å²) < 4.78 is 28.2. The minimum Gasteiger partial charge on any atom is -0.298 e. The molecule has 0 bridgehead atoms. The third-order valence-corrected chi connectivity index (χ3v) is 4.58. The minimum atomic E-state index is -0.450. The van der Waals surface area contributed by atoms with Crippen LogP contribution in [-0.2, 0) is 6.54 Å². The van der Waals surface area contributed by atoms with E-state index >= 15 is 0 Å². The largest absolute Gasteiger partial charge is 0.298 e. The molecule has 3 aromatic rings. The Morgan fingerprint density at radius 3 is 2.58 bits per heavy atom. The molecule has 1 heterocycles. The molecule has 7 heteroatoms. The Balaban J connectivity index is 1.80. The van der Waals surface area contributed by atoms with Crippen LogP contribution < -0.4 is 0 Å². The Labute approximate surface area is 153 Å². The summed E-state index contributed by atoms with van der Waals surface area (Å²) in [6.07, 6.45) is 1.69. The Morgan fingerprint density at radius 1 is 1.12 bits per heavy atom. The molecule has 0 amide bonds. The molecule has 0 saturated carbocycles. The van der Waals surface area contributed by atoms with E-state index in [9.17, 15) is 13.6 Å². The molecule has 0 unspecified atom stereocenters. The van der Waals surface area contributed by atoms with Gasteiger partial charge in [0, 0.05) is 17.7 Å². The molecule has 4 nitrogen and oxygen atoms in total. The monoisotopic (exact) mass is 371 g/mol. The van der Waals surface area contributed by atoms with Crippen LogP contribution in [0.3, 0.4) is 0 Å². The second kappa shape index (κ2) is 8.05. The van der Waals surface area contributed by atoms with Gasteiger partial charge in [-0.25, -0.2) is 8.78 Å². The van der Waals surface area contributed by atoms with Crippen LogP contribution >= 0.6 is 11.8 Å². The average molecular weight is 371 g/mol.